The van der Waals surface area contributed by atoms with Gasteiger partial charge in [-0.1, -0.05) is 45.7 Å². The van der Waals surface area contributed by atoms with Crippen molar-refractivity contribution in [2.45, 2.75) is 37.5 Å². The van der Waals surface area contributed by atoms with Crippen LogP contribution in [0.5, 0.6) is 0 Å². The zero-order valence-corrected chi connectivity index (χ0v) is 17.4. The zero-order valence-electron chi connectivity index (χ0n) is 15.8. The molecule has 8 nitrogen and oxygen atoms in total. The van der Waals surface area contributed by atoms with E-state index in [4.69, 9.17) is 0 Å². The second kappa shape index (κ2) is 8.53. The molecular formula is C18H20N2O6S2. The van der Waals surface area contributed by atoms with Gasteiger partial charge in [-0.25, -0.2) is 0 Å². The van der Waals surface area contributed by atoms with Crippen molar-refractivity contribution in [3.05, 3.63) is 59.7 Å². The molecule has 2 rings (SSSR count). The van der Waals surface area contributed by atoms with Gasteiger partial charge in [0.15, 0.2) is 0 Å². The van der Waals surface area contributed by atoms with Gasteiger partial charge >= 0.3 is 20.2 Å². The molecular weight excluding hydrogens is 404 g/mol. The summed E-state index contributed by atoms with van der Waals surface area (Å²) in [5.41, 5.74) is 1.87. The first-order valence-electron chi connectivity index (χ1n) is 8.11. The average molecular weight is 425 g/mol. The summed E-state index contributed by atoms with van der Waals surface area (Å²) in [4.78, 5) is -0.107. The van der Waals surface area contributed by atoms with Gasteiger partial charge in [-0.3, -0.25) is 8.57 Å². The summed E-state index contributed by atoms with van der Waals surface area (Å²) in [5.74, 6) is 0. The second-order valence-electron chi connectivity index (χ2n) is 6.04. The smallest absolute Gasteiger partial charge is 0.264 e. The van der Waals surface area contributed by atoms with Crippen molar-refractivity contribution in [2.24, 2.45) is 10.3 Å². The van der Waals surface area contributed by atoms with E-state index in [2.05, 4.69) is 18.9 Å². The van der Waals surface area contributed by atoms with E-state index in [1.165, 1.54) is 38.1 Å². The zero-order chi connectivity index (χ0) is 20.9. The molecule has 0 saturated carbocycles. The van der Waals surface area contributed by atoms with E-state index >= 15 is 0 Å². The Morgan fingerprint density at radius 3 is 1.21 bits per heavy atom. The molecule has 0 aromatic heterocycles. The van der Waals surface area contributed by atoms with E-state index < -0.39 is 20.2 Å². The normalized spacial score (nSPS) is 13.3. The molecule has 0 aliphatic rings. The van der Waals surface area contributed by atoms with Gasteiger partial charge in [-0.15, -0.1) is 0 Å². The number of nitrogens with zero attached hydrogens (tertiary/aromatic N) is 2. The average Bonchev–Trinajstić information content (AvgIpc) is 2.65. The lowest BCUT2D eigenvalue weighted by molar-refractivity contribution is 0.334. The van der Waals surface area contributed by atoms with Gasteiger partial charge in [0.05, 0.1) is 0 Å². The molecule has 2 aromatic carbocycles. The summed E-state index contributed by atoms with van der Waals surface area (Å²) in [6.07, 6.45) is 0. The van der Waals surface area contributed by atoms with Crippen LogP contribution in [0.1, 0.15) is 25.0 Å². The highest BCUT2D eigenvalue weighted by Gasteiger charge is 2.17. The molecule has 0 amide bonds. The Hall–Kier alpha value is -2.72. The Balaban J connectivity index is 2.11. The quantitative estimate of drug-likeness (QED) is 0.498. The van der Waals surface area contributed by atoms with Gasteiger partial charge in [0.2, 0.25) is 0 Å². The molecule has 28 heavy (non-hydrogen) atoms. The second-order valence-corrected chi connectivity index (χ2v) is 9.09. The van der Waals surface area contributed by atoms with Crippen LogP contribution in [-0.2, 0) is 28.8 Å². The van der Waals surface area contributed by atoms with Crippen molar-refractivity contribution in [3.63, 3.8) is 0 Å². The summed E-state index contributed by atoms with van der Waals surface area (Å²) in [7, 11) is -8.20. The Bertz CT molecular complexity index is 1010. The van der Waals surface area contributed by atoms with Gasteiger partial charge in [0, 0.05) is 0 Å². The SMILES string of the molecule is CC(=N/OS(=O)(=O)c1ccc(C)cc1)/C(C)=N/OS(=O)(=O)c1ccc(C)cc1. The van der Waals surface area contributed by atoms with Crippen LogP contribution in [0.15, 0.2) is 68.6 Å². The largest absolute Gasteiger partial charge is 0.358 e. The predicted octanol–water partition coefficient (Wildman–Crippen LogP) is 3.17. The number of hydrogen-bond acceptors (Lipinski definition) is 8. The topological polar surface area (TPSA) is 111 Å². The molecule has 0 bridgehead atoms. The van der Waals surface area contributed by atoms with E-state index in [1.54, 1.807) is 24.3 Å². The minimum Gasteiger partial charge on any atom is -0.264 e. The van der Waals surface area contributed by atoms with E-state index in [0.29, 0.717) is 0 Å². The fourth-order valence-electron chi connectivity index (χ4n) is 1.84. The molecule has 0 saturated heterocycles. The lowest BCUT2D eigenvalue weighted by atomic mass is 10.2. The van der Waals surface area contributed by atoms with Gasteiger partial charge in [0.1, 0.15) is 21.2 Å². The molecule has 0 radical (unpaired) electrons. The van der Waals surface area contributed by atoms with Crippen LogP contribution in [0.2, 0.25) is 0 Å². The fraction of sp³-hybridized carbons (Fsp3) is 0.222. The minimum atomic E-state index is -4.10. The third kappa shape index (κ3) is 5.64. The maximum atomic E-state index is 12.1. The predicted molar refractivity (Wildman–Crippen MR) is 105 cm³/mol. The molecule has 0 aliphatic heterocycles. The highest BCUT2D eigenvalue weighted by molar-refractivity contribution is 7.87. The highest BCUT2D eigenvalue weighted by atomic mass is 32.2. The first-order chi connectivity index (χ1) is 13.0. The van der Waals surface area contributed by atoms with Crippen molar-refractivity contribution in [1.82, 2.24) is 0 Å². The van der Waals surface area contributed by atoms with E-state index in [-0.39, 0.29) is 21.2 Å². The molecule has 0 spiro atoms. The summed E-state index contributed by atoms with van der Waals surface area (Å²) >= 11 is 0. The Morgan fingerprint density at radius 1 is 0.643 bits per heavy atom. The van der Waals surface area contributed by atoms with Crippen LogP contribution in [0, 0.1) is 13.8 Å². The van der Waals surface area contributed by atoms with Crippen molar-refractivity contribution < 1.29 is 25.4 Å². The minimum absolute atomic E-state index is 0.0368. The highest BCUT2D eigenvalue weighted by Crippen LogP contribution is 2.15. The lowest BCUT2D eigenvalue weighted by Gasteiger charge is -2.05. The fourth-order valence-corrected chi connectivity index (χ4v) is 3.37. The summed E-state index contributed by atoms with van der Waals surface area (Å²) < 4.78 is 57.7. The summed E-state index contributed by atoms with van der Waals surface area (Å²) in [6, 6.07) is 12.1. The number of benzene rings is 2. The molecule has 2 aromatic rings. The van der Waals surface area contributed by atoms with Crippen LogP contribution < -0.4 is 0 Å². The maximum Gasteiger partial charge on any atom is 0.358 e. The molecule has 0 atom stereocenters. The Labute approximate surface area is 164 Å². The summed E-state index contributed by atoms with van der Waals surface area (Å²) in [5, 5.41) is 7.01. The monoisotopic (exact) mass is 424 g/mol. The number of aryl methyl sites for hydroxylation is 2. The standard InChI is InChI=1S/C18H20N2O6S2/c1-13-5-9-17(10-6-13)27(21,22)25-19-15(3)16(4)20-26-28(23,24)18-11-7-14(2)8-12-18/h5-12H,1-4H3/b19-15-,20-16+. The molecule has 0 unspecified atom stereocenters. The van der Waals surface area contributed by atoms with E-state index in [0.717, 1.165) is 11.1 Å². The Kier molecular flexibility index (Phi) is 6.57. The van der Waals surface area contributed by atoms with Crippen LogP contribution in [0.3, 0.4) is 0 Å². The van der Waals surface area contributed by atoms with Gasteiger partial charge in [-0.05, 0) is 52.0 Å². The van der Waals surface area contributed by atoms with Crippen molar-refractivity contribution >= 4 is 31.7 Å². The van der Waals surface area contributed by atoms with Gasteiger partial charge < -0.3 is 0 Å². The first-order valence-corrected chi connectivity index (χ1v) is 10.9. The molecule has 0 fully saturated rings. The van der Waals surface area contributed by atoms with Crippen LogP contribution in [0.4, 0.5) is 0 Å². The number of rotatable bonds is 7. The van der Waals surface area contributed by atoms with E-state index in [1.807, 2.05) is 13.8 Å². The molecule has 10 heteroatoms. The van der Waals surface area contributed by atoms with Gasteiger partial charge in [-0.2, -0.15) is 16.8 Å². The maximum absolute atomic E-state index is 12.1. The number of oxime groups is 2. The number of hydrogen-bond donors (Lipinski definition) is 0. The van der Waals surface area contributed by atoms with Crippen molar-refractivity contribution in [2.75, 3.05) is 0 Å². The van der Waals surface area contributed by atoms with Gasteiger partial charge in [0.25, 0.3) is 0 Å². The van der Waals surface area contributed by atoms with Crippen LogP contribution in [0.25, 0.3) is 0 Å². The Morgan fingerprint density at radius 2 is 0.929 bits per heavy atom. The molecule has 0 aliphatic carbocycles. The lowest BCUT2D eigenvalue weighted by Crippen LogP contribution is -2.12. The molecule has 150 valence electrons. The first kappa shape index (κ1) is 21.6. The van der Waals surface area contributed by atoms with Crippen LogP contribution >= 0.6 is 0 Å². The molecule has 0 heterocycles. The van der Waals surface area contributed by atoms with Crippen molar-refractivity contribution in [1.29, 1.82) is 0 Å². The van der Waals surface area contributed by atoms with Crippen LogP contribution in [-0.4, -0.2) is 28.3 Å². The van der Waals surface area contributed by atoms with E-state index in [9.17, 15) is 16.8 Å². The summed E-state index contributed by atoms with van der Waals surface area (Å²) in [6.45, 7) is 6.46. The molecule has 0 N–H and O–H groups in total. The van der Waals surface area contributed by atoms with Crippen molar-refractivity contribution in [3.8, 4) is 0 Å². The third-order valence-electron chi connectivity index (χ3n) is 3.69. The third-order valence-corrected chi connectivity index (χ3v) is 5.93.